The number of nitrogens with one attached hydrogen (secondary N) is 1. The molecule has 1 saturated heterocycles. The number of benzene rings is 3. The fraction of sp³-hybridized carbons (Fsp3) is 0.176. The van der Waals surface area contributed by atoms with E-state index in [-0.39, 0.29) is 17.7 Å². The van der Waals surface area contributed by atoms with E-state index in [1.807, 2.05) is 12.1 Å². The second-order valence-electron chi connectivity index (χ2n) is 10.6. The van der Waals surface area contributed by atoms with E-state index >= 15 is 0 Å². The van der Waals surface area contributed by atoms with Crippen LogP contribution in [0.25, 0.3) is 11.3 Å². The fourth-order valence-electron chi connectivity index (χ4n) is 5.42. The highest BCUT2D eigenvalue weighted by molar-refractivity contribution is 5.91. The molecule has 3 aromatic rings. The molecule has 3 aliphatic heterocycles. The quantitative estimate of drug-likeness (QED) is 0.200. The minimum absolute atomic E-state index is 0.276. The zero-order valence-electron chi connectivity index (χ0n) is 24.3. The van der Waals surface area contributed by atoms with Crippen molar-refractivity contribution < 1.29 is 33.3 Å². The topological polar surface area (TPSA) is 143 Å². The van der Waals surface area contributed by atoms with E-state index in [0.717, 1.165) is 11.1 Å². The molecule has 3 aromatic carbocycles. The van der Waals surface area contributed by atoms with Crippen molar-refractivity contribution in [2.75, 3.05) is 6.61 Å². The Labute approximate surface area is 262 Å². The highest BCUT2D eigenvalue weighted by Gasteiger charge is 2.52. The number of carbonyl (C=O) groups is 3. The molecule has 0 unspecified atom stereocenters. The van der Waals surface area contributed by atoms with E-state index in [2.05, 4.69) is 15.6 Å². The van der Waals surface area contributed by atoms with Gasteiger partial charge in [0.25, 0.3) is 0 Å². The van der Waals surface area contributed by atoms with Gasteiger partial charge in [-0.1, -0.05) is 60.7 Å². The van der Waals surface area contributed by atoms with Crippen LogP contribution in [0.3, 0.4) is 0 Å². The summed E-state index contributed by atoms with van der Waals surface area (Å²) >= 11 is 0. The summed E-state index contributed by atoms with van der Waals surface area (Å²) in [6, 6.07) is 29.0. The molecule has 3 heterocycles. The smallest absolute Gasteiger partial charge is 0.338 e. The number of hydrogen-bond donors (Lipinski definition) is 1. The first-order valence-corrected chi connectivity index (χ1v) is 14.6. The molecule has 0 amide bonds. The van der Waals surface area contributed by atoms with E-state index in [0.29, 0.717) is 23.5 Å². The lowest BCUT2D eigenvalue weighted by Crippen LogP contribution is -2.41. The molecule has 0 spiro atoms. The Morgan fingerprint density at radius 3 is 1.96 bits per heavy atom. The maximum absolute atomic E-state index is 13.4. The molecule has 1 fully saturated rings. The Kier molecular flexibility index (Phi) is 7.92. The van der Waals surface area contributed by atoms with Crippen LogP contribution in [0.5, 0.6) is 0 Å². The minimum Gasteiger partial charge on any atom is -0.459 e. The SMILES string of the molecule is O=C(OC[C@H]1O[C@@H](n2nc3ccc4c-3c(n2)C=NNC4)[C@H](OC(=O)c2ccccc2)[C@@H]1OC(=O)c1ccccc1)c1ccccc1. The third-order valence-electron chi connectivity index (χ3n) is 7.65. The van der Waals surface area contributed by atoms with Crippen molar-refractivity contribution in [3.05, 3.63) is 131 Å². The summed E-state index contributed by atoms with van der Waals surface area (Å²) in [6.07, 6.45) is -3.12. The molecule has 0 bridgehead atoms. The van der Waals surface area contributed by atoms with Crippen molar-refractivity contribution in [1.29, 1.82) is 0 Å². The van der Waals surface area contributed by atoms with Crippen LogP contribution in [0.2, 0.25) is 0 Å². The van der Waals surface area contributed by atoms with Crippen LogP contribution in [0, 0.1) is 0 Å². The number of carbonyl (C=O) groups excluding carboxylic acids is 3. The summed E-state index contributed by atoms with van der Waals surface area (Å²) in [4.78, 5) is 41.0. The Balaban J connectivity index is 1.27. The van der Waals surface area contributed by atoms with Gasteiger partial charge in [-0.15, -0.1) is 4.80 Å². The molecule has 0 aromatic heterocycles. The van der Waals surface area contributed by atoms with Gasteiger partial charge in [0.05, 0.1) is 35.1 Å². The molecule has 46 heavy (non-hydrogen) atoms. The summed E-state index contributed by atoms with van der Waals surface area (Å²) in [5.74, 6) is -1.96. The van der Waals surface area contributed by atoms with Crippen LogP contribution in [-0.2, 0) is 25.5 Å². The summed E-state index contributed by atoms with van der Waals surface area (Å²) in [5, 5.41) is 13.6. The highest BCUT2D eigenvalue weighted by atomic mass is 16.7. The van der Waals surface area contributed by atoms with E-state index in [1.165, 1.54) is 4.80 Å². The van der Waals surface area contributed by atoms with Gasteiger partial charge >= 0.3 is 17.9 Å². The van der Waals surface area contributed by atoms with Crippen LogP contribution in [0.15, 0.2) is 108 Å². The van der Waals surface area contributed by atoms with Crippen LogP contribution in [-0.4, -0.2) is 64.0 Å². The lowest BCUT2D eigenvalue weighted by Gasteiger charge is -2.25. The Bertz CT molecular complexity index is 1860. The van der Waals surface area contributed by atoms with Crippen LogP contribution >= 0.6 is 0 Å². The zero-order chi connectivity index (χ0) is 31.5. The largest absolute Gasteiger partial charge is 0.459 e. The average molecular weight is 618 g/mol. The van der Waals surface area contributed by atoms with Crippen LogP contribution in [0.4, 0.5) is 0 Å². The maximum atomic E-state index is 13.4. The van der Waals surface area contributed by atoms with Gasteiger partial charge in [0.15, 0.2) is 12.2 Å². The van der Waals surface area contributed by atoms with Crippen molar-refractivity contribution in [3.63, 3.8) is 0 Å². The van der Waals surface area contributed by atoms with Crippen molar-refractivity contribution in [2.24, 2.45) is 5.10 Å². The summed E-state index contributed by atoms with van der Waals surface area (Å²) in [7, 11) is 0. The number of aromatic nitrogens is 3. The van der Waals surface area contributed by atoms with E-state index in [1.54, 1.807) is 97.2 Å². The summed E-state index contributed by atoms with van der Waals surface area (Å²) in [5.41, 5.74) is 6.77. The van der Waals surface area contributed by atoms with E-state index in [9.17, 15) is 14.4 Å². The number of ether oxygens (including phenoxy) is 4. The normalized spacial score (nSPS) is 20.0. The number of esters is 3. The van der Waals surface area contributed by atoms with Gasteiger partial charge in [-0.25, -0.2) is 14.4 Å². The molecule has 230 valence electrons. The first-order valence-electron chi connectivity index (χ1n) is 14.6. The van der Waals surface area contributed by atoms with E-state index in [4.69, 9.17) is 24.0 Å². The molecule has 1 aliphatic carbocycles. The second-order valence-corrected chi connectivity index (χ2v) is 10.6. The molecule has 7 rings (SSSR count). The van der Waals surface area contributed by atoms with Crippen molar-refractivity contribution >= 4 is 24.1 Å². The number of hydrazone groups is 1. The average Bonchev–Trinajstić information content (AvgIpc) is 3.59. The standard InChI is InChI=1S/C34H27N5O7/c40-32(21-10-4-1-5-11-21)43-20-27-29(45-33(41)22-12-6-2-7-13-22)30(46-34(42)23-14-8-3-9-15-23)31(44-27)39-37-25-17-16-24-18-35-36-19-26(38-39)28(24)25/h1-17,19,27,29-31,35H,18,20H2/t27-,29-,30-,31-/m1/s1. The highest BCUT2D eigenvalue weighted by Crippen LogP contribution is 2.36. The Morgan fingerprint density at radius 1 is 0.739 bits per heavy atom. The predicted octanol–water partition coefficient (Wildman–Crippen LogP) is 4.03. The summed E-state index contributed by atoms with van der Waals surface area (Å²) < 4.78 is 24.0. The molecule has 12 heteroatoms. The molecule has 12 nitrogen and oxygen atoms in total. The van der Waals surface area contributed by atoms with Gasteiger partial charge in [-0.05, 0) is 48.0 Å². The van der Waals surface area contributed by atoms with Gasteiger partial charge in [0.2, 0.25) is 6.23 Å². The molecule has 4 aliphatic rings. The predicted molar refractivity (Wildman–Crippen MR) is 163 cm³/mol. The molecular formula is C34H27N5O7. The summed E-state index contributed by atoms with van der Waals surface area (Å²) in [6.45, 7) is 0.182. The van der Waals surface area contributed by atoms with Crippen molar-refractivity contribution in [3.8, 4) is 11.3 Å². The van der Waals surface area contributed by atoms with Crippen LogP contribution in [0.1, 0.15) is 48.6 Å². The molecule has 4 atom stereocenters. The molecule has 0 saturated carbocycles. The first-order chi connectivity index (χ1) is 22.5. The Hall–Kier alpha value is -5.88. The van der Waals surface area contributed by atoms with Gasteiger partial charge < -0.3 is 24.4 Å². The number of nitrogens with zero attached hydrogens (tertiary/aromatic N) is 4. The zero-order valence-corrected chi connectivity index (χ0v) is 24.3. The third-order valence-corrected chi connectivity index (χ3v) is 7.65. The molecule has 0 radical (unpaired) electrons. The van der Waals surface area contributed by atoms with E-state index < -0.39 is 42.4 Å². The number of hydrogen-bond acceptors (Lipinski definition) is 11. The van der Waals surface area contributed by atoms with Crippen molar-refractivity contribution in [2.45, 2.75) is 31.1 Å². The first kappa shape index (κ1) is 28.9. The van der Waals surface area contributed by atoms with Gasteiger partial charge in [0, 0.05) is 5.56 Å². The number of rotatable bonds is 8. The maximum Gasteiger partial charge on any atom is 0.338 e. The second kappa shape index (κ2) is 12.6. The fourth-order valence-corrected chi connectivity index (χ4v) is 5.42. The Morgan fingerprint density at radius 2 is 1.33 bits per heavy atom. The van der Waals surface area contributed by atoms with Gasteiger partial charge in [0.1, 0.15) is 18.4 Å². The minimum atomic E-state index is -1.24. The molecule has 1 N–H and O–H groups in total. The van der Waals surface area contributed by atoms with Crippen LogP contribution < -0.4 is 5.43 Å². The van der Waals surface area contributed by atoms with Gasteiger partial charge in [-0.2, -0.15) is 15.3 Å². The lowest BCUT2D eigenvalue weighted by atomic mass is 10.1. The van der Waals surface area contributed by atoms with Gasteiger partial charge in [-0.3, -0.25) is 0 Å². The monoisotopic (exact) mass is 617 g/mol. The lowest BCUT2D eigenvalue weighted by molar-refractivity contribution is -0.0742. The molecular weight excluding hydrogens is 590 g/mol. The van der Waals surface area contributed by atoms with Crippen molar-refractivity contribution in [1.82, 2.24) is 20.4 Å². The third kappa shape index (κ3) is 5.81.